The van der Waals surface area contributed by atoms with Crippen LogP contribution in [0.4, 0.5) is 0 Å². The summed E-state index contributed by atoms with van der Waals surface area (Å²) in [5.74, 6) is -1.83. The number of hydrogen-bond donors (Lipinski definition) is 1. The van der Waals surface area contributed by atoms with Crippen molar-refractivity contribution >= 4 is 0 Å². The number of rotatable bonds is 10. The molecule has 0 aromatic heterocycles. The van der Waals surface area contributed by atoms with Crippen LogP contribution >= 0.6 is 0 Å². The summed E-state index contributed by atoms with van der Waals surface area (Å²) in [4.78, 5) is 0. The smallest absolute Gasteiger partial charge is 0.160 e. The predicted octanol–water partition coefficient (Wildman–Crippen LogP) is 4.47. The van der Waals surface area contributed by atoms with Crippen LogP contribution in [0.15, 0.2) is 36.3 Å². The second-order valence-electron chi connectivity index (χ2n) is 5.35. The Morgan fingerprint density at radius 2 is 2.00 bits per heavy atom. The zero-order valence-electron chi connectivity index (χ0n) is 28.8. The fourth-order valence-corrected chi connectivity index (χ4v) is 1.89. The van der Waals surface area contributed by atoms with Crippen LogP contribution in [0.2, 0.25) is 0 Å². The maximum Gasteiger partial charge on any atom is 0.160 e. The molecule has 0 saturated heterocycles. The van der Waals surface area contributed by atoms with Crippen LogP contribution in [-0.2, 0) is 6.42 Å². The average molecular weight is 373 g/mol. The largest absolute Gasteiger partial charge is 0.493 e. The summed E-state index contributed by atoms with van der Waals surface area (Å²) < 4.78 is 126. The van der Waals surface area contributed by atoms with E-state index in [1.807, 2.05) is 0 Å². The molecule has 0 heterocycles. The van der Waals surface area contributed by atoms with Gasteiger partial charge in [0.25, 0.3) is 0 Å². The Hall–Kier alpha value is -2.20. The molecule has 4 heteroatoms. The molecule has 0 aliphatic carbocycles. The fourth-order valence-electron chi connectivity index (χ4n) is 1.89. The first-order valence-electron chi connectivity index (χ1n) is 14.8. The van der Waals surface area contributed by atoms with E-state index in [0.29, 0.717) is 5.56 Å². The van der Waals surface area contributed by atoms with E-state index in [1.165, 1.54) is 13.8 Å². The number of methoxy groups -OCH3 is 2. The summed E-state index contributed by atoms with van der Waals surface area (Å²) in [7, 11) is -1.94. The Bertz CT molecular complexity index is 1240. The maximum atomic E-state index is 10.6. The molecule has 0 aliphatic rings. The number of ether oxygens (including phenoxy) is 3. The van der Waals surface area contributed by atoms with Gasteiger partial charge in [0.2, 0.25) is 0 Å². The lowest BCUT2D eigenvalue weighted by molar-refractivity contribution is 0.0976. The number of benzene rings is 2. The normalized spacial score (nSPS) is 22.5. The van der Waals surface area contributed by atoms with Crippen LogP contribution in [0, 0.1) is 13.8 Å². The second kappa shape index (κ2) is 10.1. The molecular formula is C22H30O4. The minimum atomic E-state index is -3.25. The predicted molar refractivity (Wildman–Crippen MR) is 105 cm³/mol. The molecule has 26 heavy (non-hydrogen) atoms. The first-order valence-corrected chi connectivity index (χ1v) is 7.82. The third-order valence-corrected chi connectivity index (χ3v) is 3.44. The van der Waals surface area contributed by atoms with Gasteiger partial charge in [-0.05, 0) is 73.9 Å². The zero-order chi connectivity index (χ0) is 31.2. The zero-order valence-corrected chi connectivity index (χ0v) is 14.8. The quantitative estimate of drug-likeness (QED) is 0.668. The van der Waals surface area contributed by atoms with E-state index in [2.05, 4.69) is 0 Å². The minimum absolute atomic E-state index is 0.244. The highest BCUT2D eigenvalue weighted by molar-refractivity contribution is 5.42. The summed E-state index contributed by atoms with van der Waals surface area (Å²) in [6.07, 6.45) is -7.78. The van der Waals surface area contributed by atoms with Gasteiger partial charge in [0.05, 0.1) is 36.7 Å². The van der Waals surface area contributed by atoms with Gasteiger partial charge >= 0.3 is 0 Å². The van der Waals surface area contributed by atoms with Crippen molar-refractivity contribution in [2.45, 2.75) is 45.6 Å². The lowest BCUT2D eigenvalue weighted by Crippen LogP contribution is -2.17. The number of hydrogen-bond acceptors (Lipinski definition) is 4. The van der Waals surface area contributed by atoms with Gasteiger partial charge in [0.1, 0.15) is 12.3 Å². The first-order chi connectivity index (χ1) is 18.0. The van der Waals surface area contributed by atoms with Crippen LogP contribution in [0.25, 0.3) is 0 Å². The van der Waals surface area contributed by atoms with Crippen molar-refractivity contribution in [2.24, 2.45) is 0 Å². The van der Waals surface area contributed by atoms with Crippen molar-refractivity contribution in [2.75, 3.05) is 20.7 Å². The summed E-state index contributed by atoms with van der Waals surface area (Å²) >= 11 is 0. The average Bonchev–Trinajstić information content (AvgIpc) is 2.83. The molecule has 1 unspecified atom stereocenters. The van der Waals surface area contributed by atoms with Crippen molar-refractivity contribution in [3.05, 3.63) is 52.9 Å². The Morgan fingerprint density at radius 3 is 2.77 bits per heavy atom. The van der Waals surface area contributed by atoms with Crippen molar-refractivity contribution in [3.8, 4) is 17.2 Å². The Balaban J connectivity index is 2.34. The van der Waals surface area contributed by atoms with E-state index in [-0.39, 0.29) is 17.2 Å². The van der Waals surface area contributed by atoms with Gasteiger partial charge in [0.15, 0.2) is 11.5 Å². The van der Waals surface area contributed by atoms with Crippen molar-refractivity contribution < 1.29 is 38.5 Å². The molecule has 0 aliphatic heterocycles. The number of aliphatic hydroxyl groups is 1. The van der Waals surface area contributed by atoms with Gasteiger partial charge in [-0.25, -0.2) is 0 Å². The molecule has 0 fully saturated rings. The van der Waals surface area contributed by atoms with Crippen LogP contribution < -0.4 is 14.2 Å². The molecule has 2 aromatic carbocycles. The Labute approximate surface area is 176 Å². The molecule has 2 rings (SSSR count). The highest BCUT2D eigenvalue weighted by atomic mass is 16.5. The maximum absolute atomic E-state index is 10.6. The van der Waals surface area contributed by atoms with Crippen molar-refractivity contribution in [3.63, 3.8) is 0 Å². The monoisotopic (exact) mass is 372 g/mol. The third kappa shape index (κ3) is 5.95. The molecular weight excluding hydrogens is 328 g/mol. The topological polar surface area (TPSA) is 47.9 Å². The minimum Gasteiger partial charge on any atom is -0.493 e. The van der Waals surface area contributed by atoms with Gasteiger partial charge in [-0.1, -0.05) is 18.5 Å². The van der Waals surface area contributed by atoms with E-state index in [4.69, 9.17) is 33.4 Å². The molecule has 0 radical (unpaired) electrons. The van der Waals surface area contributed by atoms with E-state index < -0.39 is 92.8 Å². The third-order valence-electron chi connectivity index (χ3n) is 3.44. The molecule has 0 saturated carbocycles. The SMILES string of the molecule is [2H]c1c([2H])c(OC([2H])([2H])C([2H])(O)CCC([2H])([2H])Cc2c([2H])c([2H])c(OC([2H])([2H])[2H])c(OC)c2[2H])c([2H])c(C)c1C. The molecule has 0 spiro atoms. The Kier molecular flexibility index (Phi) is 3.18. The van der Waals surface area contributed by atoms with Crippen molar-refractivity contribution in [1.29, 1.82) is 0 Å². The van der Waals surface area contributed by atoms with E-state index >= 15 is 0 Å². The van der Waals surface area contributed by atoms with Crippen LogP contribution in [0.3, 0.4) is 0 Å². The van der Waals surface area contributed by atoms with Crippen LogP contribution in [0.5, 0.6) is 17.2 Å². The van der Waals surface area contributed by atoms with Gasteiger partial charge in [0, 0.05) is 2.74 Å². The van der Waals surface area contributed by atoms with E-state index in [9.17, 15) is 5.11 Å². The standard InChI is InChI=1S/C22H30O4/c1-16-9-11-20(13-17(16)2)26-15-19(23)8-6-5-7-18-10-12-21(24-3)22(14-18)25-4/h9-14,19,23H,5-8,15H2,1-4H3/i3D3,5D2,9D,10D,11D,12D,13D,14D,15D2,19D. The lowest BCUT2D eigenvalue weighted by Gasteiger charge is -2.13. The summed E-state index contributed by atoms with van der Waals surface area (Å²) in [5, 5.41) is 10.6. The van der Waals surface area contributed by atoms with Crippen LogP contribution in [0.1, 0.15) is 55.1 Å². The summed E-state index contributed by atoms with van der Waals surface area (Å²) in [5.41, 5.74) is 0.215. The summed E-state index contributed by atoms with van der Waals surface area (Å²) in [6.45, 7) is -0.276. The van der Waals surface area contributed by atoms with E-state index in [0.717, 1.165) is 7.11 Å². The molecule has 1 atom stereocenters. The molecule has 0 amide bonds. The molecule has 142 valence electrons. The Morgan fingerprint density at radius 1 is 1.15 bits per heavy atom. The summed E-state index contributed by atoms with van der Waals surface area (Å²) in [6, 6.07) is -3.37. The molecule has 0 bridgehead atoms. The second-order valence-corrected chi connectivity index (χ2v) is 5.35. The van der Waals surface area contributed by atoms with Crippen molar-refractivity contribution in [1.82, 2.24) is 0 Å². The molecule has 4 nitrogen and oxygen atoms in total. The van der Waals surface area contributed by atoms with Gasteiger partial charge < -0.3 is 19.3 Å². The lowest BCUT2D eigenvalue weighted by atomic mass is 10.0. The highest BCUT2D eigenvalue weighted by Gasteiger charge is 2.07. The fraction of sp³-hybridized carbons (Fsp3) is 0.455. The van der Waals surface area contributed by atoms with Gasteiger partial charge in [-0.3, -0.25) is 0 Å². The molecule has 2 aromatic rings. The highest BCUT2D eigenvalue weighted by Crippen LogP contribution is 2.28. The first kappa shape index (κ1) is 8.22. The molecule has 1 N–H and O–H groups in total. The van der Waals surface area contributed by atoms with Crippen LogP contribution in [-0.4, -0.2) is 31.9 Å². The van der Waals surface area contributed by atoms with Gasteiger partial charge in [-0.15, -0.1) is 0 Å². The van der Waals surface area contributed by atoms with Gasteiger partial charge in [-0.2, -0.15) is 0 Å². The van der Waals surface area contributed by atoms with E-state index in [1.54, 1.807) is 0 Å².